The monoisotopic (exact) mass is 386 g/mol. The van der Waals surface area contributed by atoms with Crippen LogP contribution in [0.25, 0.3) is 21.9 Å². The van der Waals surface area contributed by atoms with Crippen LogP contribution >= 0.6 is 0 Å². The number of aryl methyl sites for hydroxylation is 1. The number of benzene rings is 2. The Morgan fingerprint density at radius 1 is 1.14 bits per heavy atom. The summed E-state index contributed by atoms with van der Waals surface area (Å²) in [5.41, 5.74) is 4.06. The second kappa shape index (κ2) is 7.14. The molecule has 2 heterocycles. The van der Waals surface area contributed by atoms with Gasteiger partial charge in [-0.25, -0.2) is 0 Å². The van der Waals surface area contributed by atoms with Crippen LogP contribution in [0.4, 0.5) is 5.82 Å². The van der Waals surface area contributed by atoms with Gasteiger partial charge in [-0.15, -0.1) is 5.10 Å². The van der Waals surface area contributed by atoms with Gasteiger partial charge in [0, 0.05) is 35.0 Å². The van der Waals surface area contributed by atoms with Crippen LogP contribution in [-0.4, -0.2) is 34.7 Å². The van der Waals surface area contributed by atoms with Gasteiger partial charge in [-0.3, -0.25) is 4.79 Å². The molecule has 0 spiro atoms. The molecule has 0 bridgehead atoms. The Hall–Kier alpha value is -2.95. The molecule has 1 N–H and O–H groups in total. The van der Waals surface area contributed by atoms with Gasteiger partial charge < -0.3 is 10.2 Å². The molecule has 1 saturated carbocycles. The van der Waals surface area contributed by atoms with Crippen molar-refractivity contribution < 1.29 is 4.79 Å². The van der Waals surface area contributed by atoms with Gasteiger partial charge in [-0.05, 0) is 80.5 Å². The van der Waals surface area contributed by atoms with E-state index in [9.17, 15) is 4.79 Å². The van der Waals surface area contributed by atoms with E-state index in [4.69, 9.17) is 0 Å². The summed E-state index contributed by atoms with van der Waals surface area (Å²) in [5, 5.41) is 14.0. The fraction of sp³-hybridized carbons (Fsp3) is 0.375. The van der Waals surface area contributed by atoms with E-state index in [2.05, 4.69) is 52.5 Å². The van der Waals surface area contributed by atoms with E-state index in [-0.39, 0.29) is 5.91 Å². The quantitative estimate of drug-likeness (QED) is 0.718. The van der Waals surface area contributed by atoms with Crippen molar-refractivity contribution >= 4 is 22.5 Å². The van der Waals surface area contributed by atoms with Crippen molar-refractivity contribution in [1.29, 1.82) is 0 Å². The minimum absolute atomic E-state index is 0.0192. The van der Waals surface area contributed by atoms with Gasteiger partial charge in [-0.2, -0.15) is 5.10 Å². The van der Waals surface area contributed by atoms with Crippen LogP contribution in [-0.2, 0) is 0 Å². The lowest BCUT2D eigenvalue weighted by atomic mass is 9.96. The summed E-state index contributed by atoms with van der Waals surface area (Å²) in [7, 11) is 0. The Morgan fingerprint density at radius 3 is 2.76 bits per heavy atom. The number of amides is 1. The molecule has 2 aliphatic rings. The Kier molecular flexibility index (Phi) is 4.46. The minimum Gasteiger partial charge on any atom is -0.352 e. The number of fused-ring (bicyclic) bond motifs is 1. The fourth-order valence-electron chi connectivity index (χ4n) is 4.27. The summed E-state index contributed by atoms with van der Waals surface area (Å²) in [6.07, 6.45) is 6.42. The lowest BCUT2D eigenvalue weighted by molar-refractivity contribution is 0.0951. The molecule has 2 fully saturated rings. The van der Waals surface area contributed by atoms with Crippen LogP contribution in [0, 0.1) is 6.92 Å². The third kappa shape index (κ3) is 3.46. The molecule has 1 atom stereocenters. The van der Waals surface area contributed by atoms with Crippen molar-refractivity contribution in [1.82, 2.24) is 15.5 Å². The van der Waals surface area contributed by atoms with E-state index in [0.717, 1.165) is 58.2 Å². The molecule has 5 heteroatoms. The second-order valence-electron chi connectivity index (χ2n) is 8.43. The van der Waals surface area contributed by atoms with Crippen LogP contribution in [0.3, 0.4) is 0 Å². The van der Waals surface area contributed by atoms with E-state index >= 15 is 0 Å². The predicted octanol–water partition coefficient (Wildman–Crippen LogP) is 4.49. The smallest absolute Gasteiger partial charge is 0.251 e. The number of hydrogen-bond acceptors (Lipinski definition) is 4. The topological polar surface area (TPSA) is 58.1 Å². The highest BCUT2D eigenvalue weighted by atomic mass is 16.1. The number of carbonyl (C=O) groups is 1. The molecule has 0 radical (unpaired) electrons. The van der Waals surface area contributed by atoms with Crippen LogP contribution in [0.15, 0.2) is 42.6 Å². The standard InChI is InChI=1S/C24H26N4O/c1-15-5-6-18(24(29)26-20-8-9-20)13-22(15)17-7-10-21-19(12-17)14-25-27-23(21)28-11-3-4-16(28)2/h5-7,10,12-14,16,20H,3-4,8-9,11H2,1-2H3,(H,26,29)/t16-/m1/s1. The number of carbonyl (C=O) groups excluding carboxylic acids is 1. The predicted molar refractivity (Wildman–Crippen MR) is 116 cm³/mol. The number of nitrogens with one attached hydrogen (secondary N) is 1. The third-order valence-corrected chi connectivity index (χ3v) is 6.19. The van der Waals surface area contributed by atoms with E-state index < -0.39 is 0 Å². The SMILES string of the molecule is Cc1ccc(C(=O)NC2CC2)cc1-c1ccc2c(N3CCC[C@H]3C)nncc2c1. The Bertz CT molecular complexity index is 1090. The van der Waals surface area contributed by atoms with Gasteiger partial charge in [0.1, 0.15) is 0 Å². The highest BCUT2D eigenvalue weighted by Crippen LogP contribution is 2.33. The molecule has 0 unspecified atom stereocenters. The summed E-state index contributed by atoms with van der Waals surface area (Å²) in [6, 6.07) is 13.3. The largest absolute Gasteiger partial charge is 0.352 e. The number of nitrogens with zero attached hydrogens (tertiary/aromatic N) is 3. The molecule has 1 aliphatic carbocycles. The number of hydrogen-bond donors (Lipinski definition) is 1. The molecule has 5 rings (SSSR count). The molecular formula is C24H26N4O. The third-order valence-electron chi connectivity index (χ3n) is 6.19. The van der Waals surface area contributed by atoms with Crippen molar-refractivity contribution in [3.05, 3.63) is 53.7 Å². The lowest BCUT2D eigenvalue weighted by Crippen LogP contribution is -2.27. The average molecular weight is 386 g/mol. The Morgan fingerprint density at radius 2 is 2.00 bits per heavy atom. The molecule has 2 aromatic carbocycles. The van der Waals surface area contributed by atoms with Crippen LogP contribution < -0.4 is 10.2 Å². The number of aromatic nitrogens is 2. The summed E-state index contributed by atoms with van der Waals surface area (Å²) < 4.78 is 0. The zero-order valence-electron chi connectivity index (χ0n) is 17.0. The van der Waals surface area contributed by atoms with Crippen molar-refractivity contribution in [2.75, 3.05) is 11.4 Å². The molecule has 29 heavy (non-hydrogen) atoms. The molecule has 1 aliphatic heterocycles. The van der Waals surface area contributed by atoms with E-state index in [1.807, 2.05) is 24.4 Å². The molecular weight excluding hydrogens is 360 g/mol. The fourth-order valence-corrected chi connectivity index (χ4v) is 4.27. The lowest BCUT2D eigenvalue weighted by Gasteiger charge is -2.23. The first kappa shape index (κ1) is 18.1. The molecule has 1 aromatic heterocycles. The van der Waals surface area contributed by atoms with E-state index in [1.165, 1.54) is 12.8 Å². The van der Waals surface area contributed by atoms with E-state index in [0.29, 0.717) is 12.1 Å². The first-order valence-corrected chi connectivity index (χ1v) is 10.5. The van der Waals surface area contributed by atoms with Crippen LogP contribution in [0.2, 0.25) is 0 Å². The number of anilines is 1. The average Bonchev–Trinajstić information content (AvgIpc) is 3.44. The van der Waals surface area contributed by atoms with Gasteiger partial charge in [0.05, 0.1) is 6.20 Å². The normalized spacial score (nSPS) is 19.0. The maximum Gasteiger partial charge on any atom is 0.251 e. The summed E-state index contributed by atoms with van der Waals surface area (Å²) in [6.45, 7) is 5.38. The van der Waals surface area contributed by atoms with Crippen LogP contribution in [0.1, 0.15) is 48.5 Å². The number of rotatable bonds is 4. The molecule has 1 saturated heterocycles. The summed E-state index contributed by atoms with van der Waals surface area (Å²) >= 11 is 0. The van der Waals surface area contributed by atoms with Crippen molar-refractivity contribution in [2.24, 2.45) is 0 Å². The Balaban J connectivity index is 1.53. The summed E-state index contributed by atoms with van der Waals surface area (Å²) in [5.74, 6) is 0.999. The molecule has 148 valence electrons. The highest BCUT2D eigenvalue weighted by Gasteiger charge is 2.25. The minimum atomic E-state index is 0.0192. The van der Waals surface area contributed by atoms with Gasteiger partial charge >= 0.3 is 0 Å². The van der Waals surface area contributed by atoms with Crippen molar-refractivity contribution in [3.8, 4) is 11.1 Å². The second-order valence-corrected chi connectivity index (χ2v) is 8.43. The summed E-state index contributed by atoms with van der Waals surface area (Å²) in [4.78, 5) is 14.9. The van der Waals surface area contributed by atoms with Crippen molar-refractivity contribution in [2.45, 2.75) is 51.6 Å². The van der Waals surface area contributed by atoms with E-state index in [1.54, 1.807) is 0 Å². The molecule has 1 amide bonds. The zero-order valence-corrected chi connectivity index (χ0v) is 17.0. The molecule has 5 nitrogen and oxygen atoms in total. The first-order chi connectivity index (χ1) is 14.1. The van der Waals surface area contributed by atoms with Gasteiger partial charge in [0.25, 0.3) is 5.91 Å². The maximum atomic E-state index is 12.5. The highest BCUT2D eigenvalue weighted by molar-refractivity contribution is 5.98. The van der Waals surface area contributed by atoms with Gasteiger partial charge in [0.2, 0.25) is 0 Å². The van der Waals surface area contributed by atoms with Crippen molar-refractivity contribution in [3.63, 3.8) is 0 Å². The first-order valence-electron chi connectivity index (χ1n) is 10.5. The van der Waals surface area contributed by atoms with Gasteiger partial charge in [0.15, 0.2) is 5.82 Å². The Labute approximate surface area is 171 Å². The zero-order chi connectivity index (χ0) is 20.0. The van der Waals surface area contributed by atoms with Gasteiger partial charge in [-0.1, -0.05) is 12.1 Å². The molecule has 3 aromatic rings. The van der Waals surface area contributed by atoms with Crippen LogP contribution in [0.5, 0.6) is 0 Å². The maximum absolute atomic E-state index is 12.5.